The molecule has 37 heavy (non-hydrogen) atoms. The van der Waals surface area contributed by atoms with Gasteiger partial charge in [-0.25, -0.2) is 21.9 Å². The van der Waals surface area contributed by atoms with Gasteiger partial charge in [0, 0.05) is 17.6 Å². The number of nitrogens with zero attached hydrogens (tertiary/aromatic N) is 1. The van der Waals surface area contributed by atoms with E-state index in [2.05, 4.69) is 0 Å². The normalized spacial score (nSPS) is 19.9. The van der Waals surface area contributed by atoms with Gasteiger partial charge in [-0.3, -0.25) is 9.69 Å². The molecule has 0 bridgehead atoms. The van der Waals surface area contributed by atoms with Gasteiger partial charge in [0.25, 0.3) is 5.91 Å². The maximum atomic E-state index is 14.8. The summed E-state index contributed by atoms with van der Waals surface area (Å²) >= 11 is 5.97. The minimum absolute atomic E-state index is 0.0407. The highest BCUT2D eigenvalue weighted by Crippen LogP contribution is 2.46. The van der Waals surface area contributed by atoms with Crippen LogP contribution in [0.3, 0.4) is 0 Å². The molecule has 1 N–H and O–H groups in total. The summed E-state index contributed by atoms with van der Waals surface area (Å²) in [7, 11) is -3.92. The smallest absolute Gasteiger partial charge is 0.408 e. The predicted octanol–water partition coefficient (Wildman–Crippen LogP) is 5.33. The van der Waals surface area contributed by atoms with Gasteiger partial charge in [0.05, 0.1) is 11.8 Å². The zero-order chi connectivity index (χ0) is 27.1. The topological polar surface area (TPSA) is 75.7 Å². The van der Waals surface area contributed by atoms with Crippen molar-refractivity contribution in [3.63, 3.8) is 0 Å². The first-order valence-electron chi connectivity index (χ1n) is 11.5. The van der Waals surface area contributed by atoms with Gasteiger partial charge in [-0.15, -0.1) is 0 Å². The molecule has 0 spiro atoms. The second-order valence-electron chi connectivity index (χ2n) is 9.33. The number of hydrogen-bond acceptors (Lipinski definition) is 5. The minimum Gasteiger partial charge on any atom is -0.489 e. The maximum absolute atomic E-state index is 14.8. The van der Waals surface area contributed by atoms with Gasteiger partial charge in [0.15, 0.2) is 0 Å². The number of benzene rings is 2. The van der Waals surface area contributed by atoms with Crippen LogP contribution in [0.25, 0.3) is 0 Å². The quantitative estimate of drug-likeness (QED) is 0.459. The number of likely N-dealkylation sites (tertiary alicyclic amines) is 1. The predicted molar refractivity (Wildman–Crippen MR) is 126 cm³/mol. The summed E-state index contributed by atoms with van der Waals surface area (Å²) in [5.74, 6) is -2.83. The first-order chi connectivity index (χ1) is 17.2. The van der Waals surface area contributed by atoms with Crippen LogP contribution in [-0.4, -0.2) is 50.9 Å². The van der Waals surface area contributed by atoms with Gasteiger partial charge in [-0.2, -0.15) is 13.2 Å². The molecule has 2 aromatic carbocycles. The van der Waals surface area contributed by atoms with Gasteiger partial charge >= 0.3 is 6.18 Å². The molecular weight excluding hydrogens is 543 g/mol. The standard InChI is InChI=1S/C24H24ClF5N2O4S/c1-37(34,35)31-23(33)18-10-17(13-4-5-13)21(11-20(18)27)36-15-3-2-8-32(12-15)22(24(28,29)30)16-7-6-14(26)9-19(16)25/h6-7,9-11,13,15,22H,2-5,8,12H2,1H3,(H,31,33)/t15-,22+/m1/s1. The van der Waals surface area contributed by atoms with E-state index in [9.17, 15) is 35.2 Å². The molecule has 1 saturated heterocycles. The SMILES string of the molecule is CS(=O)(=O)NC(=O)c1cc(C2CC2)c(O[C@@H]2CCCN([C@@H](c3ccc(F)cc3Cl)C(F)(F)F)C2)cc1F. The van der Waals surface area contributed by atoms with Crippen molar-refractivity contribution >= 4 is 27.5 Å². The number of amides is 1. The number of ether oxygens (including phenoxy) is 1. The van der Waals surface area contributed by atoms with Crippen LogP contribution in [-0.2, 0) is 10.0 Å². The second-order valence-corrected chi connectivity index (χ2v) is 11.5. The molecule has 2 fully saturated rings. The van der Waals surface area contributed by atoms with Crippen LogP contribution in [0, 0.1) is 11.6 Å². The monoisotopic (exact) mass is 566 g/mol. The van der Waals surface area contributed by atoms with Gasteiger partial charge in [0.1, 0.15) is 29.5 Å². The number of alkyl halides is 3. The summed E-state index contributed by atoms with van der Waals surface area (Å²) in [6, 6.07) is 2.89. The molecule has 6 nitrogen and oxygen atoms in total. The van der Waals surface area contributed by atoms with E-state index in [4.69, 9.17) is 16.3 Å². The first-order valence-corrected chi connectivity index (χ1v) is 13.8. The summed E-state index contributed by atoms with van der Waals surface area (Å²) in [5.41, 5.74) is -0.249. The molecule has 2 atom stereocenters. The molecule has 202 valence electrons. The molecule has 1 heterocycles. The molecule has 1 amide bonds. The molecule has 1 aliphatic carbocycles. The number of piperidine rings is 1. The number of carbonyl (C=O) groups excluding carboxylic acids is 1. The minimum atomic E-state index is -4.71. The van der Waals surface area contributed by atoms with Crippen LogP contribution in [0.15, 0.2) is 30.3 Å². The third-order valence-electron chi connectivity index (χ3n) is 6.27. The highest BCUT2D eigenvalue weighted by atomic mass is 35.5. The van der Waals surface area contributed by atoms with E-state index in [0.29, 0.717) is 18.4 Å². The molecule has 13 heteroatoms. The van der Waals surface area contributed by atoms with Crippen molar-refractivity contribution in [3.8, 4) is 5.75 Å². The fourth-order valence-corrected chi connectivity index (χ4v) is 5.28. The Labute approximate surface area is 215 Å². The van der Waals surface area contributed by atoms with Crippen molar-refractivity contribution < 1.29 is 39.9 Å². The van der Waals surface area contributed by atoms with Crippen molar-refractivity contribution in [2.45, 2.75) is 49.9 Å². The zero-order valence-electron chi connectivity index (χ0n) is 19.6. The number of sulfonamides is 1. The van der Waals surface area contributed by atoms with Crippen LogP contribution < -0.4 is 9.46 Å². The summed E-state index contributed by atoms with van der Waals surface area (Å²) in [4.78, 5) is 13.4. The Bertz CT molecular complexity index is 1300. The van der Waals surface area contributed by atoms with Crippen LogP contribution in [0.4, 0.5) is 22.0 Å². The van der Waals surface area contributed by atoms with Crippen LogP contribution >= 0.6 is 11.6 Å². The summed E-state index contributed by atoms with van der Waals surface area (Å²) in [6.07, 6.45) is -2.43. The van der Waals surface area contributed by atoms with E-state index in [1.54, 1.807) is 4.72 Å². The lowest BCUT2D eigenvalue weighted by molar-refractivity contribution is -0.192. The third kappa shape index (κ3) is 6.71. The highest BCUT2D eigenvalue weighted by Gasteiger charge is 2.47. The van der Waals surface area contributed by atoms with E-state index in [1.807, 2.05) is 0 Å². The molecule has 1 aliphatic heterocycles. The lowest BCUT2D eigenvalue weighted by atomic mass is 9.99. The van der Waals surface area contributed by atoms with Gasteiger partial charge in [-0.1, -0.05) is 17.7 Å². The average molecular weight is 567 g/mol. The Hall–Kier alpha value is -2.44. The Morgan fingerprint density at radius 2 is 1.86 bits per heavy atom. The Kier molecular flexibility index (Phi) is 7.74. The molecule has 1 saturated carbocycles. The van der Waals surface area contributed by atoms with Gasteiger partial charge in [-0.05, 0) is 67.5 Å². The summed E-state index contributed by atoms with van der Waals surface area (Å²) < 4.78 is 101. The fraction of sp³-hybridized carbons (Fsp3) is 0.458. The fourth-order valence-electron chi connectivity index (χ4n) is 4.56. The van der Waals surface area contributed by atoms with Crippen molar-refractivity contribution in [2.75, 3.05) is 19.3 Å². The van der Waals surface area contributed by atoms with Crippen molar-refractivity contribution in [2.24, 2.45) is 0 Å². The van der Waals surface area contributed by atoms with Crippen LogP contribution in [0.2, 0.25) is 5.02 Å². The molecular formula is C24H24ClF5N2O4S. The second kappa shape index (κ2) is 10.4. The summed E-state index contributed by atoms with van der Waals surface area (Å²) in [5, 5.41) is -0.341. The maximum Gasteiger partial charge on any atom is 0.408 e. The van der Waals surface area contributed by atoms with E-state index >= 15 is 0 Å². The zero-order valence-corrected chi connectivity index (χ0v) is 21.2. The molecule has 2 aromatic rings. The lowest BCUT2D eigenvalue weighted by Crippen LogP contribution is -2.47. The molecule has 4 rings (SSSR count). The first kappa shape index (κ1) is 27.6. The number of rotatable bonds is 7. The van der Waals surface area contributed by atoms with Gasteiger partial charge < -0.3 is 4.74 Å². The third-order valence-corrected chi connectivity index (χ3v) is 7.16. The Balaban J connectivity index is 1.59. The summed E-state index contributed by atoms with van der Waals surface area (Å²) in [6.45, 7) is -0.0634. The number of halogens is 6. The van der Waals surface area contributed by atoms with Crippen molar-refractivity contribution in [1.29, 1.82) is 0 Å². The molecule has 0 unspecified atom stereocenters. The van der Waals surface area contributed by atoms with Crippen LogP contribution in [0.1, 0.15) is 59.1 Å². The Morgan fingerprint density at radius 1 is 1.16 bits per heavy atom. The number of nitrogens with one attached hydrogen (secondary N) is 1. The number of carbonyl (C=O) groups is 1. The van der Waals surface area contributed by atoms with Crippen LogP contribution in [0.5, 0.6) is 5.75 Å². The molecule has 0 radical (unpaired) electrons. The lowest BCUT2D eigenvalue weighted by Gasteiger charge is -2.39. The van der Waals surface area contributed by atoms with E-state index < -0.39 is 51.5 Å². The van der Waals surface area contributed by atoms with E-state index in [0.717, 1.165) is 48.3 Å². The highest BCUT2D eigenvalue weighted by molar-refractivity contribution is 7.89. The van der Waals surface area contributed by atoms with Crippen molar-refractivity contribution in [1.82, 2.24) is 9.62 Å². The Morgan fingerprint density at radius 3 is 2.46 bits per heavy atom. The van der Waals surface area contributed by atoms with Crippen molar-refractivity contribution in [3.05, 3.63) is 63.7 Å². The van der Waals surface area contributed by atoms with E-state index in [-0.39, 0.29) is 35.3 Å². The largest absolute Gasteiger partial charge is 0.489 e. The number of hydrogen-bond donors (Lipinski definition) is 1. The average Bonchev–Trinajstić information content (AvgIpc) is 3.59. The van der Waals surface area contributed by atoms with E-state index in [1.165, 1.54) is 6.07 Å². The molecule has 0 aromatic heterocycles. The molecule has 2 aliphatic rings. The van der Waals surface area contributed by atoms with Gasteiger partial charge in [0.2, 0.25) is 10.0 Å².